The highest BCUT2D eigenvalue weighted by Crippen LogP contribution is 2.35. The van der Waals surface area contributed by atoms with Crippen molar-refractivity contribution in [2.75, 3.05) is 0 Å². The quantitative estimate of drug-likeness (QED) is 0.859. The molecule has 2 N–H and O–H groups in total. The van der Waals surface area contributed by atoms with E-state index in [1.807, 2.05) is 13.8 Å². The Labute approximate surface area is 117 Å². The van der Waals surface area contributed by atoms with Crippen LogP contribution in [0.5, 0.6) is 5.75 Å². The summed E-state index contributed by atoms with van der Waals surface area (Å²) in [6.07, 6.45) is 5.20. The summed E-state index contributed by atoms with van der Waals surface area (Å²) in [4.78, 5) is 0. The minimum Gasteiger partial charge on any atom is -0.507 e. The molecule has 1 saturated carbocycles. The second kappa shape index (κ2) is 5.54. The monoisotopic (exact) mass is 261 g/mol. The molecule has 0 spiro atoms. The normalized spacial score (nSPS) is 19.6. The summed E-state index contributed by atoms with van der Waals surface area (Å²) in [6, 6.07) is 4.83. The summed E-state index contributed by atoms with van der Waals surface area (Å²) in [6.45, 7) is 9.59. The van der Waals surface area contributed by atoms with Gasteiger partial charge in [0.25, 0.3) is 0 Å². The Bertz CT molecular complexity index is 418. The smallest absolute Gasteiger partial charge is 0.121 e. The van der Waals surface area contributed by atoms with E-state index in [0.717, 1.165) is 17.7 Å². The van der Waals surface area contributed by atoms with Crippen molar-refractivity contribution < 1.29 is 5.11 Å². The largest absolute Gasteiger partial charge is 0.507 e. The van der Waals surface area contributed by atoms with Crippen LogP contribution in [-0.2, 0) is 6.54 Å². The summed E-state index contributed by atoms with van der Waals surface area (Å²) in [7, 11) is 0. The summed E-state index contributed by atoms with van der Waals surface area (Å²) < 4.78 is 0. The molecule has 0 amide bonds. The standard InChI is InChI=1S/C17H27NO/c1-12-9-14(10-13(2)16(12)19)11-18-15-5-7-17(3,4)8-6-15/h9-10,15,18-19H,5-8,11H2,1-4H3. The number of phenols is 1. The lowest BCUT2D eigenvalue weighted by Crippen LogP contribution is -2.35. The molecule has 1 aromatic rings. The van der Waals surface area contributed by atoms with Gasteiger partial charge in [0, 0.05) is 12.6 Å². The summed E-state index contributed by atoms with van der Waals surface area (Å²) in [5.74, 6) is 0.433. The van der Waals surface area contributed by atoms with Gasteiger partial charge >= 0.3 is 0 Å². The number of aromatic hydroxyl groups is 1. The third-order valence-electron chi connectivity index (χ3n) is 4.48. The zero-order chi connectivity index (χ0) is 14.0. The van der Waals surface area contributed by atoms with Gasteiger partial charge in [0.2, 0.25) is 0 Å². The summed E-state index contributed by atoms with van der Waals surface area (Å²) in [5.41, 5.74) is 3.75. The Balaban J connectivity index is 1.90. The van der Waals surface area contributed by atoms with E-state index in [9.17, 15) is 5.11 Å². The number of phenolic OH excluding ortho intramolecular Hbond substituents is 1. The summed E-state index contributed by atoms with van der Waals surface area (Å²) >= 11 is 0. The van der Waals surface area contributed by atoms with Crippen LogP contribution >= 0.6 is 0 Å². The molecule has 0 bridgehead atoms. The molecule has 1 aliphatic rings. The van der Waals surface area contributed by atoms with Crippen LogP contribution in [0.25, 0.3) is 0 Å². The lowest BCUT2D eigenvalue weighted by Gasteiger charge is -2.34. The highest BCUT2D eigenvalue weighted by molar-refractivity contribution is 5.42. The van der Waals surface area contributed by atoms with E-state index in [1.165, 1.54) is 31.2 Å². The first-order chi connectivity index (χ1) is 8.87. The molecule has 2 rings (SSSR count). The van der Waals surface area contributed by atoms with Crippen LogP contribution in [0.4, 0.5) is 0 Å². The van der Waals surface area contributed by atoms with Gasteiger partial charge in [0.1, 0.15) is 5.75 Å². The van der Waals surface area contributed by atoms with Crippen molar-refractivity contribution in [1.82, 2.24) is 5.32 Å². The first-order valence-corrected chi connectivity index (χ1v) is 7.40. The molecule has 19 heavy (non-hydrogen) atoms. The lowest BCUT2D eigenvalue weighted by atomic mass is 9.75. The molecule has 106 valence electrons. The first kappa shape index (κ1) is 14.4. The third kappa shape index (κ3) is 3.73. The van der Waals surface area contributed by atoms with Gasteiger partial charge in [-0.05, 0) is 61.6 Å². The Morgan fingerprint density at radius 1 is 1.16 bits per heavy atom. The van der Waals surface area contributed by atoms with Crippen molar-refractivity contribution in [3.05, 3.63) is 28.8 Å². The maximum absolute atomic E-state index is 9.78. The van der Waals surface area contributed by atoms with Crippen LogP contribution in [0.15, 0.2) is 12.1 Å². The Hall–Kier alpha value is -1.02. The van der Waals surface area contributed by atoms with Crippen LogP contribution in [0.1, 0.15) is 56.2 Å². The van der Waals surface area contributed by atoms with Crippen molar-refractivity contribution in [1.29, 1.82) is 0 Å². The highest BCUT2D eigenvalue weighted by Gasteiger charge is 2.26. The van der Waals surface area contributed by atoms with E-state index >= 15 is 0 Å². The van der Waals surface area contributed by atoms with Gasteiger partial charge in [0.15, 0.2) is 0 Å². The molecule has 0 heterocycles. The molecule has 2 heteroatoms. The van der Waals surface area contributed by atoms with Crippen molar-refractivity contribution in [2.24, 2.45) is 5.41 Å². The van der Waals surface area contributed by atoms with Crippen LogP contribution in [0, 0.1) is 19.3 Å². The molecular formula is C17H27NO. The zero-order valence-electron chi connectivity index (χ0n) is 12.7. The molecule has 1 aliphatic carbocycles. The Morgan fingerprint density at radius 3 is 2.21 bits per heavy atom. The van der Waals surface area contributed by atoms with Crippen molar-refractivity contribution in [3.8, 4) is 5.75 Å². The highest BCUT2D eigenvalue weighted by atomic mass is 16.3. The van der Waals surface area contributed by atoms with E-state index in [2.05, 4.69) is 31.3 Å². The van der Waals surface area contributed by atoms with Gasteiger partial charge in [0.05, 0.1) is 0 Å². The topological polar surface area (TPSA) is 32.3 Å². The molecule has 0 aromatic heterocycles. The van der Waals surface area contributed by atoms with Crippen molar-refractivity contribution >= 4 is 0 Å². The molecule has 0 atom stereocenters. The van der Waals surface area contributed by atoms with Crippen LogP contribution in [-0.4, -0.2) is 11.1 Å². The number of rotatable bonds is 3. The summed E-state index contributed by atoms with van der Waals surface area (Å²) in [5, 5.41) is 13.5. The molecular weight excluding hydrogens is 234 g/mol. The van der Waals surface area contributed by atoms with Gasteiger partial charge in [-0.25, -0.2) is 0 Å². The number of nitrogens with one attached hydrogen (secondary N) is 1. The minimum atomic E-state index is 0.433. The zero-order valence-corrected chi connectivity index (χ0v) is 12.7. The Kier molecular flexibility index (Phi) is 4.19. The molecule has 1 aromatic carbocycles. The van der Waals surface area contributed by atoms with E-state index in [-0.39, 0.29) is 0 Å². The molecule has 1 fully saturated rings. The van der Waals surface area contributed by atoms with Crippen LogP contribution < -0.4 is 5.32 Å². The minimum absolute atomic E-state index is 0.433. The Morgan fingerprint density at radius 2 is 1.68 bits per heavy atom. The fraction of sp³-hybridized carbons (Fsp3) is 0.647. The van der Waals surface area contributed by atoms with Gasteiger partial charge in [-0.2, -0.15) is 0 Å². The van der Waals surface area contributed by atoms with E-state index in [4.69, 9.17) is 0 Å². The molecule has 2 nitrogen and oxygen atoms in total. The average Bonchev–Trinajstić information content (AvgIpc) is 2.34. The maximum atomic E-state index is 9.78. The second-order valence-electron chi connectivity index (χ2n) is 6.90. The number of hydrogen-bond acceptors (Lipinski definition) is 2. The number of hydrogen-bond donors (Lipinski definition) is 2. The SMILES string of the molecule is Cc1cc(CNC2CCC(C)(C)CC2)cc(C)c1O. The van der Waals surface area contributed by atoms with Gasteiger partial charge < -0.3 is 10.4 Å². The van der Waals surface area contributed by atoms with Crippen LogP contribution in [0.3, 0.4) is 0 Å². The third-order valence-corrected chi connectivity index (χ3v) is 4.48. The number of benzene rings is 1. The molecule has 0 unspecified atom stereocenters. The van der Waals surface area contributed by atoms with E-state index in [0.29, 0.717) is 17.2 Å². The molecule has 0 aliphatic heterocycles. The molecule has 0 saturated heterocycles. The number of aryl methyl sites for hydroxylation is 2. The van der Waals surface area contributed by atoms with E-state index in [1.54, 1.807) is 0 Å². The maximum Gasteiger partial charge on any atom is 0.121 e. The fourth-order valence-electron chi connectivity index (χ4n) is 3.01. The second-order valence-corrected chi connectivity index (χ2v) is 6.90. The first-order valence-electron chi connectivity index (χ1n) is 7.40. The van der Waals surface area contributed by atoms with Gasteiger partial charge in [-0.3, -0.25) is 0 Å². The average molecular weight is 261 g/mol. The molecule has 0 radical (unpaired) electrons. The van der Waals surface area contributed by atoms with E-state index < -0.39 is 0 Å². The lowest BCUT2D eigenvalue weighted by molar-refractivity contribution is 0.206. The predicted molar refractivity (Wildman–Crippen MR) is 80.5 cm³/mol. The van der Waals surface area contributed by atoms with Crippen molar-refractivity contribution in [2.45, 2.75) is 66.0 Å². The van der Waals surface area contributed by atoms with Crippen LogP contribution in [0.2, 0.25) is 0 Å². The predicted octanol–water partition coefficient (Wildman–Crippen LogP) is 4.07. The van der Waals surface area contributed by atoms with Gasteiger partial charge in [-0.15, -0.1) is 0 Å². The van der Waals surface area contributed by atoms with Gasteiger partial charge in [-0.1, -0.05) is 26.0 Å². The fourth-order valence-corrected chi connectivity index (χ4v) is 3.01. The van der Waals surface area contributed by atoms with Crippen molar-refractivity contribution in [3.63, 3.8) is 0 Å².